The first-order valence-electron chi connectivity index (χ1n) is 15.2. The highest BCUT2D eigenvalue weighted by Crippen LogP contribution is 2.63. The van der Waals surface area contributed by atoms with Crippen LogP contribution in [0.25, 0.3) is 22.3 Å². The highest BCUT2D eigenvalue weighted by molar-refractivity contribution is 8.51. The van der Waals surface area contributed by atoms with Gasteiger partial charge < -0.3 is 20.6 Å². The van der Waals surface area contributed by atoms with Gasteiger partial charge in [-0.25, -0.2) is 29.9 Å². The molecule has 14 heteroatoms. The molecule has 0 amide bonds. The van der Waals surface area contributed by atoms with Crippen LogP contribution in [0.15, 0.2) is 25.3 Å². The molecule has 0 bridgehead atoms. The summed E-state index contributed by atoms with van der Waals surface area (Å²) in [6.07, 6.45) is 23.2. The van der Waals surface area contributed by atoms with Crippen molar-refractivity contribution in [3.63, 3.8) is 0 Å². The van der Waals surface area contributed by atoms with Crippen molar-refractivity contribution in [1.29, 1.82) is 0 Å². The molecule has 230 valence electrons. The van der Waals surface area contributed by atoms with Gasteiger partial charge in [-0.2, -0.15) is 24.5 Å². The molecule has 9 atom stereocenters. The molecule has 4 N–H and O–H groups in total. The Hall–Kier alpha value is -2.00. The molecule has 3 aliphatic rings. The third kappa shape index (κ3) is 5.55. The lowest BCUT2D eigenvalue weighted by atomic mass is 9.90. The first-order chi connectivity index (χ1) is 20.5. The number of fused-ring (bicyclic) bond motifs is 4. The van der Waals surface area contributed by atoms with E-state index in [0.29, 0.717) is 64.3 Å². The molecular formula is C29H42N10P2S2. The Labute approximate surface area is 263 Å². The largest absolute Gasteiger partial charge is 0.382 e. The van der Waals surface area contributed by atoms with Crippen LogP contribution < -0.4 is 11.5 Å². The van der Waals surface area contributed by atoms with E-state index in [4.69, 9.17) is 48.6 Å². The zero-order valence-corrected chi connectivity index (χ0v) is 28.2. The van der Waals surface area contributed by atoms with Crippen LogP contribution in [0.5, 0.6) is 0 Å². The van der Waals surface area contributed by atoms with Crippen molar-refractivity contribution < 1.29 is 0 Å². The van der Waals surface area contributed by atoms with Crippen LogP contribution in [0.4, 0.5) is 11.6 Å². The van der Waals surface area contributed by atoms with Gasteiger partial charge in [-0.15, -0.1) is 0 Å². The number of thiol groups is 2. The van der Waals surface area contributed by atoms with E-state index in [1.807, 2.05) is 12.7 Å². The van der Waals surface area contributed by atoms with E-state index in [9.17, 15) is 0 Å². The predicted octanol–water partition coefficient (Wildman–Crippen LogP) is 5.59. The zero-order valence-electron chi connectivity index (χ0n) is 24.7. The monoisotopic (exact) mass is 656 g/mol. The normalized spacial score (nSPS) is 37.1. The summed E-state index contributed by atoms with van der Waals surface area (Å²) in [6.45, 7) is 2.40. The van der Waals surface area contributed by atoms with E-state index in [-0.39, 0.29) is 0 Å². The maximum atomic E-state index is 6.13. The fourth-order valence-corrected chi connectivity index (χ4v) is 15.1. The molecule has 3 fully saturated rings. The Kier molecular flexibility index (Phi) is 7.67. The number of anilines is 2. The molecule has 2 saturated carbocycles. The Bertz CT molecular complexity index is 1770. The lowest BCUT2D eigenvalue weighted by Gasteiger charge is -2.34. The molecule has 0 radical (unpaired) electrons. The number of hydrogen-bond acceptors (Lipinski definition) is 10. The van der Waals surface area contributed by atoms with Gasteiger partial charge in [-0.05, 0) is 86.3 Å². The van der Waals surface area contributed by atoms with Gasteiger partial charge in [0, 0.05) is 12.1 Å². The van der Waals surface area contributed by atoms with Crippen molar-refractivity contribution in [2.24, 2.45) is 29.6 Å². The van der Waals surface area contributed by atoms with E-state index >= 15 is 0 Å². The van der Waals surface area contributed by atoms with Gasteiger partial charge in [0.1, 0.15) is 23.7 Å². The van der Waals surface area contributed by atoms with Crippen molar-refractivity contribution >= 4 is 83.2 Å². The van der Waals surface area contributed by atoms with E-state index in [1.165, 1.54) is 0 Å². The highest BCUT2D eigenvalue weighted by atomic mass is 32.7. The van der Waals surface area contributed by atoms with Gasteiger partial charge in [-0.1, -0.05) is 31.7 Å². The van der Waals surface area contributed by atoms with Crippen molar-refractivity contribution in [1.82, 2.24) is 39.0 Å². The molecule has 4 aromatic heterocycles. The second kappa shape index (κ2) is 11.1. The van der Waals surface area contributed by atoms with Crippen LogP contribution in [0, 0.1) is 29.6 Å². The third-order valence-corrected chi connectivity index (χ3v) is 17.3. The van der Waals surface area contributed by atoms with Gasteiger partial charge in [-0.3, -0.25) is 0 Å². The average molecular weight is 657 g/mol. The van der Waals surface area contributed by atoms with E-state index < -0.39 is 12.2 Å². The Balaban J connectivity index is 1.15. The van der Waals surface area contributed by atoms with Gasteiger partial charge in [0.15, 0.2) is 22.9 Å². The SMILES string of the molecule is C=P1(S)CCC2CC(n3cnc4c(N)ncnc43)C(C)C2CP(=C)(S)CCC2CC(n3cnc4c(N)ncnc43)CC2C1. The van der Waals surface area contributed by atoms with Crippen LogP contribution in [0.2, 0.25) is 0 Å². The summed E-state index contributed by atoms with van der Waals surface area (Å²) in [6, 6.07) is 0.654. The summed E-state index contributed by atoms with van der Waals surface area (Å²) in [7, 11) is 0. The maximum absolute atomic E-state index is 6.13. The second-order valence-corrected chi connectivity index (χ2v) is 24.6. The fraction of sp³-hybridized carbons (Fsp3) is 0.586. The fourth-order valence-electron chi connectivity index (χ4n) is 8.49. The summed E-state index contributed by atoms with van der Waals surface area (Å²) in [5.41, 5.74) is 15.3. The second-order valence-electron chi connectivity index (χ2n) is 13.5. The van der Waals surface area contributed by atoms with Crippen molar-refractivity contribution in [3.05, 3.63) is 25.3 Å². The molecule has 43 heavy (non-hydrogen) atoms. The molecule has 7 rings (SSSR count). The maximum Gasteiger partial charge on any atom is 0.165 e. The molecule has 2 aliphatic carbocycles. The van der Waals surface area contributed by atoms with Crippen molar-refractivity contribution in [2.45, 2.75) is 51.1 Å². The van der Waals surface area contributed by atoms with Crippen molar-refractivity contribution in [2.75, 3.05) is 36.1 Å². The summed E-state index contributed by atoms with van der Waals surface area (Å²) in [4.78, 5) is 26.6. The minimum absolute atomic E-state index is 0.313. The van der Waals surface area contributed by atoms with E-state index in [2.05, 4.69) is 46.0 Å². The van der Waals surface area contributed by atoms with Crippen LogP contribution in [0.1, 0.15) is 51.1 Å². The van der Waals surface area contributed by atoms with Gasteiger partial charge in [0.05, 0.1) is 12.7 Å². The predicted molar refractivity (Wildman–Crippen MR) is 189 cm³/mol. The number of nitrogens with two attached hydrogens (primary N) is 2. The third-order valence-electron chi connectivity index (χ3n) is 10.7. The number of nitrogens with zero attached hydrogens (tertiary/aromatic N) is 8. The first-order valence-corrected chi connectivity index (χ1v) is 22.2. The number of aromatic nitrogens is 8. The Morgan fingerprint density at radius 1 is 0.744 bits per heavy atom. The molecule has 0 aromatic carbocycles. The quantitative estimate of drug-likeness (QED) is 0.162. The van der Waals surface area contributed by atoms with Crippen molar-refractivity contribution in [3.8, 4) is 0 Å². The van der Waals surface area contributed by atoms with Crippen LogP contribution in [-0.4, -0.2) is 76.3 Å². The van der Waals surface area contributed by atoms with Crippen LogP contribution in [0.3, 0.4) is 0 Å². The summed E-state index contributed by atoms with van der Waals surface area (Å²) in [5.74, 6) is 3.63. The minimum Gasteiger partial charge on any atom is -0.382 e. The lowest BCUT2D eigenvalue weighted by Crippen LogP contribution is -2.22. The average Bonchev–Trinajstić information content (AvgIpc) is 3.72. The standard InChI is InChI=1S/C29H42N10P2S2/c1-17-22-12-41(3,43)6-4-18-8-21(38-15-36-24-26(30)32-13-34-28(24)38)9-20(18)11-40(2,42)7-5-19(22)10-23(17)39-16-37-25-27(31)33-14-35-29(25)39/h13-23,42-43H,2-12H2,1H3,(H2,30,32,34)(H2,31,33,35). The van der Waals surface area contributed by atoms with Gasteiger partial charge >= 0.3 is 0 Å². The molecular weight excluding hydrogens is 614 g/mol. The van der Waals surface area contributed by atoms with E-state index in [1.54, 1.807) is 12.7 Å². The topological polar surface area (TPSA) is 139 Å². The van der Waals surface area contributed by atoms with Gasteiger partial charge in [0.2, 0.25) is 0 Å². The Morgan fingerprint density at radius 3 is 1.98 bits per heavy atom. The smallest absolute Gasteiger partial charge is 0.165 e. The minimum atomic E-state index is -1.67. The number of hydrogen-bond donors (Lipinski definition) is 4. The molecule has 4 aromatic rings. The molecule has 1 aliphatic heterocycles. The summed E-state index contributed by atoms with van der Waals surface area (Å²) >= 11 is 10.7. The Morgan fingerprint density at radius 2 is 1.30 bits per heavy atom. The number of nitrogen functional groups attached to an aromatic ring is 2. The molecule has 9 unspecified atom stereocenters. The molecule has 10 nitrogen and oxygen atoms in total. The van der Waals surface area contributed by atoms with Crippen LogP contribution >= 0.6 is 36.7 Å². The zero-order chi connectivity index (χ0) is 30.1. The van der Waals surface area contributed by atoms with Gasteiger partial charge in [0.25, 0.3) is 0 Å². The molecule has 0 spiro atoms. The van der Waals surface area contributed by atoms with Crippen LogP contribution in [-0.2, 0) is 0 Å². The number of imidazole rings is 2. The summed E-state index contributed by atoms with van der Waals surface area (Å²) < 4.78 is 4.49. The highest BCUT2D eigenvalue weighted by Gasteiger charge is 2.45. The lowest BCUT2D eigenvalue weighted by molar-refractivity contribution is 0.331. The van der Waals surface area contributed by atoms with E-state index in [0.717, 1.165) is 68.0 Å². The molecule has 5 heterocycles. The summed E-state index contributed by atoms with van der Waals surface area (Å²) in [5, 5.41) is 0. The first kappa shape index (κ1) is 29.7. The molecule has 1 saturated heterocycles. The number of rotatable bonds is 2.